The first-order chi connectivity index (χ1) is 18.0. The summed E-state index contributed by atoms with van der Waals surface area (Å²) in [6, 6.07) is 17.9. The highest BCUT2D eigenvalue weighted by molar-refractivity contribution is 6.33. The van der Waals surface area contributed by atoms with Crippen LogP contribution in [-0.4, -0.2) is 35.2 Å². The Labute approximate surface area is 216 Å². The van der Waals surface area contributed by atoms with Crippen LogP contribution < -0.4 is 15.0 Å². The minimum absolute atomic E-state index is 0.00480. The zero-order valence-electron chi connectivity index (χ0n) is 20.7. The van der Waals surface area contributed by atoms with Gasteiger partial charge < -0.3 is 20.3 Å². The second-order valence-electron chi connectivity index (χ2n) is 9.51. The van der Waals surface area contributed by atoms with Crippen LogP contribution in [0.3, 0.4) is 0 Å². The van der Waals surface area contributed by atoms with Gasteiger partial charge in [-0.3, -0.25) is 14.5 Å². The van der Waals surface area contributed by atoms with Crippen LogP contribution >= 0.6 is 0 Å². The zero-order chi connectivity index (χ0) is 25.9. The quantitative estimate of drug-likeness (QED) is 0.421. The molecule has 7 heteroatoms. The van der Waals surface area contributed by atoms with Gasteiger partial charge in [-0.25, -0.2) is 0 Å². The van der Waals surface area contributed by atoms with Crippen molar-refractivity contribution in [1.29, 1.82) is 0 Å². The summed E-state index contributed by atoms with van der Waals surface area (Å²) in [7, 11) is 1.47. The summed E-state index contributed by atoms with van der Waals surface area (Å²) in [5.74, 6) is -0.175. The molecule has 3 aromatic carbocycles. The number of benzene rings is 3. The van der Waals surface area contributed by atoms with Crippen LogP contribution in [0.15, 0.2) is 66.7 Å². The summed E-state index contributed by atoms with van der Waals surface area (Å²) in [6.45, 7) is 0. The van der Waals surface area contributed by atoms with Crippen LogP contribution in [-0.2, 0) is 9.59 Å². The fourth-order valence-corrected chi connectivity index (χ4v) is 5.24. The Morgan fingerprint density at radius 1 is 1.00 bits per heavy atom. The maximum absolute atomic E-state index is 14.1. The lowest BCUT2D eigenvalue weighted by Gasteiger charge is -2.38. The van der Waals surface area contributed by atoms with Crippen molar-refractivity contribution < 1.29 is 24.5 Å². The number of phenolic OH excluding ortho intramolecular Hbond substituents is 2. The molecule has 5 rings (SSSR count). The molecular weight excluding hydrogens is 468 g/mol. The summed E-state index contributed by atoms with van der Waals surface area (Å²) in [4.78, 5) is 29.4. The van der Waals surface area contributed by atoms with Crippen molar-refractivity contribution in [3.05, 3.63) is 83.4 Å². The first-order valence-corrected chi connectivity index (χ1v) is 12.6. The number of carbonyl (C=O) groups is 2. The second-order valence-corrected chi connectivity index (χ2v) is 9.51. The first-order valence-electron chi connectivity index (χ1n) is 12.6. The molecule has 1 saturated carbocycles. The number of fused-ring (bicyclic) bond motifs is 1. The summed E-state index contributed by atoms with van der Waals surface area (Å²) < 4.78 is 5.24. The molecule has 7 nitrogen and oxygen atoms in total. The maximum atomic E-state index is 14.1. The lowest BCUT2D eigenvalue weighted by molar-refractivity contribution is -0.126. The SMILES string of the molecule is COc1cc(/C=C2/C(=O)N(c3ccc(O)cc3)C(C(=O)NC3CCCCC3)c3ccccc32)ccc1O. The highest BCUT2D eigenvalue weighted by atomic mass is 16.5. The molecule has 37 heavy (non-hydrogen) atoms. The van der Waals surface area contributed by atoms with Gasteiger partial charge >= 0.3 is 0 Å². The number of hydrogen-bond acceptors (Lipinski definition) is 5. The molecule has 0 aromatic heterocycles. The fourth-order valence-electron chi connectivity index (χ4n) is 5.24. The topological polar surface area (TPSA) is 99.1 Å². The van der Waals surface area contributed by atoms with Crippen molar-refractivity contribution in [2.24, 2.45) is 0 Å². The van der Waals surface area contributed by atoms with E-state index in [0.29, 0.717) is 28.1 Å². The molecule has 0 spiro atoms. The van der Waals surface area contributed by atoms with Gasteiger partial charge in [0.25, 0.3) is 5.91 Å². The third-order valence-corrected chi connectivity index (χ3v) is 7.10. The highest BCUT2D eigenvalue weighted by Gasteiger charge is 2.41. The fraction of sp³-hybridized carbons (Fsp3) is 0.267. The van der Waals surface area contributed by atoms with E-state index < -0.39 is 6.04 Å². The molecule has 0 radical (unpaired) electrons. The van der Waals surface area contributed by atoms with E-state index in [-0.39, 0.29) is 29.4 Å². The Balaban J connectivity index is 1.63. The average molecular weight is 499 g/mol. The lowest BCUT2D eigenvalue weighted by atomic mass is 9.86. The molecular formula is C30H30N2O5. The number of nitrogens with one attached hydrogen (secondary N) is 1. The molecule has 3 aromatic rings. The Morgan fingerprint density at radius 3 is 2.46 bits per heavy atom. The van der Waals surface area contributed by atoms with E-state index in [1.807, 2.05) is 24.3 Å². The summed E-state index contributed by atoms with van der Waals surface area (Å²) >= 11 is 0. The van der Waals surface area contributed by atoms with E-state index in [9.17, 15) is 19.8 Å². The number of aromatic hydroxyl groups is 2. The second kappa shape index (κ2) is 10.4. The number of amides is 2. The molecule has 1 heterocycles. The van der Waals surface area contributed by atoms with Crippen molar-refractivity contribution in [2.75, 3.05) is 12.0 Å². The summed E-state index contributed by atoms with van der Waals surface area (Å²) in [6.07, 6.45) is 6.94. The molecule has 1 unspecified atom stereocenters. The van der Waals surface area contributed by atoms with Crippen molar-refractivity contribution in [3.8, 4) is 17.2 Å². The van der Waals surface area contributed by atoms with Crippen LogP contribution in [0.1, 0.15) is 54.8 Å². The molecule has 1 atom stereocenters. The van der Waals surface area contributed by atoms with E-state index in [2.05, 4.69) is 5.32 Å². The molecule has 3 N–H and O–H groups in total. The molecule has 0 saturated heterocycles. The molecule has 1 fully saturated rings. The standard InChI is InChI=1S/C30H30N2O5/c1-37-27-18-19(11-16-26(27)34)17-25-23-9-5-6-10-24(23)28(29(35)31-20-7-3-2-4-8-20)32(30(25)36)21-12-14-22(33)15-13-21/h5-6,9-18,20,28,33-34H,2-4,7-8H2,1H3,(H,31,35)/b25-17+. The number of hydrogen-bond donors (Lipinski definition) is 3. The van der Waals surface area contributed by atoms with Crippen LogP contribution in [0.5, 0.6) is 17.2 Å². The normalized spacial score (nSPS) is 18.9. The summed E-state index contributed by atoms with van der Waals surface area (Å²) in [5.41, 5.74) is 3.00. The number of rotatable bonds is 5. The Kier molecular flexibility index (Phi) is 6.86. The van der Waals surface area contributed by atoms with Crippen LogP contribution in [0.25, 0.3) is 11.6 Å². The van der Waals surface area contributed by atoms with Crippen molar-refractivity contribution in [3.63, 3.8) is 0 Å². The minimum atomic E-state index is -0.860. The van der Waals surface area contributed by atoms with Gasteiger partial charge in [0.15, 0.2) is 11.5 Å². The smallest absolute Gasteiger partial charge is 0.259 e. The van der Waals surface area contributed by atoms with Gasteiger partial charge in [0, 0.05) is 17.3 Å². The van der Waals surface area contributed by atoms with E-state index in [0.717, 1.165) is 31.2 Å². The molecule has 2 amide bonds. The molecule has 2 aliphatic rings. The maximum Gasteiger partial charge on any atom is 0.259 e. The third-order valence-electron chi connectivity index (χ3n) is 7.10. The van der Waals surface area contributed by atoms with E-state index in [4.69, 9.17) is 4.74 Å². The monoisotopic (exact) mass is 498 g/mol. The average Bonchev–Trinajstić information content (AvgIpc) is 2.92. The molecule has 1 aliphatic carbocycles. The number of phenols is 2. The van der Waals surface area contributed by atoms with Crippen LogP contribution in [0.2, 0.25) is 0 Å². The number of anilines is 1. The Morgan fingerprint density at radius 2 is 1.73 bits per heavy atom. The van der Waals surface area contributed by atoms with Gasteiger partial charge in [0.05, 0.1) is 7.11 Å². The number of ether oxygens (including phenoxy) is 1. The largest absolute Gasteiger partial charge is 0.508 e. The summed E-state index contributed by atoms with van der Waals surface area (Å²) in [5, 5.41) is 23.1. The molecule has 1 aliphatic heterocycles. The van der Waals surface area contributed by atoms with Crippen LogP contribution in [0.4, 0.5) is 5.69 Å². The molecule has 190 valence electrons. The van der Waals surface area contributed by atoms with Gasteiger partial charge in [-0.2, -0.15) is 0 Å². The Hall–Kier alpha value is -4.26. The molecule has 0 bridgehead atoms. The van der Waals surface area contributed by atoms with Gasteiger partial charge in [0.1, 0.15) is 11.8 Å². The van der Waals surface area contributed by atoms with E-state index in [1.54, 1.807) is 30.3 Å². The number of methoxy groups -OCH3 is 1. The Bertz CT molecular complexity index is 1340. The first kappa shape index (κ1) is 24.4. The predicted molar refractivity (Wildman–Crippen MR) is 142 cm³/mol. The lowest BCUT2D eigenvalue weighted by Crippen LogP contribution is -2.49. The van der Waals surface area contributed by atoms with Crippen molar-refractivity contribution in [1.82, 2.24) is 5.32 Å². The number of carbonyl (C=O) groups excluding carboxylic acids is 2. The zero-order valence-corrected chi connectivity index (χ0v) is 20.7. The van der Waals surface area contributed by atoms with Gasteiger partial charge in [-0.15, -0.1) is 0 Å². The van der Waals surface area contributed by atoms with Gasteiger partial charge in [-0.1, -0.05) is 49.6 Å². The predicted octanol–water partition coefficient (Wildman–Crippen LogP) is 5.18. The van der Waals surface area contributed by atoms with E-state index in [1.165, 1.54) is 36.6 Å². The number of nitrogens with zero attached hydrogens (tertiary/aromatic N) is 1. The van der Waals surface area contributed by atoms with E-state index >= 15 is 0 Å². The van der Waals surface area contributed by atoms with Crippen molar-refractivity contribution in [2.45, 2.75) is 44.2 Å². The minimum Gasteiger partial charge on any atom is -0.508 e. The van der Waals surface area contributed by atoms with Gasteiger partial charge in [-0.05, 0) is 72.0 Å². The third kappa shape index (κ3) is 4.89. The van der Waals surface area contributed by atoms with Gasteiger partial charge in [0.2, 0.25) is 5.91 Å². The van der Waals surface area contributed by atoms with Crippen LogP contribution in [0, 0.1) is 0 Å². The highest BCUT2D eigenvalue weighted by Crippen LogP contribution is 2.41. The van der Waals surface area contributed by atoms with Crippen molar-refractivity contribution >= 4 is 29.2 Å².